The summed E-state index contributed by atoms with van der Waals surface area (Å²) in [6.45, 7) is 1.53. The average Bonchev–Trinajstić information content (AvgIpc) is 2.56. The number of benzene rings is 4. The summed E-state index contributed by atoms with van der Waals surface area (Å²) in [5.74, 6) is -0.0748. The zero-order valence-corrected chi connectivity index (χ0v) is 12.8. The van der Waals surface area contributed by atoms with E-state index in [1.165, 1.54) is 6.92 Å². The number of nitrogens with two attached hydrogens (primary N) is 1. The van der Waals surface area contributed by atoms with Gasteiger partial charge in [-0.3, -0.25) is 4.79 Å². The Morgan fingerprint density at radius 1 is 0.783 bits per heavy atom. The summed E-state index contributed by atoms with van der Waals surface area (Å²) in [5, 5.41) is 9.38. The molecule has 23 heavy (non-hydrogen) atoms. The van der Waals surface area contributed by atoms with Gasteiger partial charge in [-0.15, -0.1) is 0 Å². The van der Waals surface area contributed by atoms with Crippen molar-refractivity contribution in [3.8, 4) is 0 Å². The molecule has 3 nitrogen and oxygen atoms in total. The molecule has 0 radical (unpaired) electrons. The lowest BCUT2D eigenvalue weighted by Crippen LogP contribution is -2.06. The molecular weight excluding hydrogens is 284 g/mol. The van der Waals surface area contributed by atoms with Gasteiger partial charge in [-0.1, -0.05) is 48.5 Å². The van der Waals surface area contributed by atoms with Gasteiger partial charge in [0.2, 0.25) is 5.91 Å². The molecule has 0 heterocycles. The zero-order chi connectivity index (χ0) is 16.0. The van der Waals surface area contributed by atoms with Crippen LogP contribution in [0.4, 0.5) is 11.4 Å². The molecule has 3 heteroatoms. The number of hydrogen-bond donors (Lipinski definition) is 2. The third-order valence-corrected chi connectivity index (χ3v) is 4.23. The summed E-state index contributed by atoms with van der Waals surface area (Å²) < 4.78 is 0. The van der Waals surface area contributed by atoms with Crippen LogP contribution in [-0.4, -0.2) is 5.91 Å². The minimum atomic E-state index is -0.0748. The molecule has 112 valence electrons. The van der Waals surface area contributed by atoms with Gasteiger partial charge in [0.15, 0.2) is 0 Å². The number of hydrogen-bond acceptors (Lipinski definition) is 2. The van der Waals surface area contributed by atoms with Crippen molar-refractivity contribution in [1.29, 1.82) is 0 Å². The topological polar surface area (TPSA) is 55.1 Å². The van der Waals surface area contributed by atoms with Crippen LogP contribution in [0.25, 0.3) is 32.3 Å². The van der Waals surface area contributed by atoms with E-state index in [2.05, 4.69) is 17.4 Å². The van der Waals surface area contributed by atoms with Gasteiger partial charge in [0.25, 0.3) is 0 Å². The highest BCUT2D eigenvalue weighted by Crippen LogP contribution is 2.38. The molecule has 0 saturated heterocycles. The first-order chi connectivity index (χ1) is 11.1. The summed E-state index contributed by atoms with van der Waals surface area (Å²) >= 11 is 0. The van der Waals surface area contributed by atoms with Crippen LogP contribution in [0.3, 0.4) is 0 Å². The molecule has 3 N–H and O–H groups in total. The van der Waals surface area contributed by atoms with Crippen LogP contribution in [0, 0.1) is 0 Å². The van der Waals surface area contributed by atoms with E-state index >= 15 is 0 Å². The number of nitrogens with one attached hydrogen (secondary N) is 1. The van der Waals surface area contributed by atoms with Crippen molar-refractivity contribution in [3.63, 3.8) is 0 Å². The number of rotatable bonds is 1. The Balaban J connectivity index is 2.24. The van der Waals surface area contributed by atoms with E-state index in [0.29, 0.717) is 0 Å². The summed E-state index contributed by atoms with van der Waals surface area (Å²) in [6.07, 6.45) is 0. The quantitative estimate of drug-likeness (QED) is 0.396. The first kappa shape index (κ1) is 13.6. The normalized spacial score (nSPS) is 11.2. The molecule has 1 amide bonds. The van der Waals surface area contributed by atoms with Gasteiger partial charge in [-0.25, -0.2) is 0 Å². The maximum atomic E-state index is 11.6. The molecule has 0 aromatic heterocycles. The SMILES string of the molecule is CC(=O)Nc1cc2c3ccccc3c(N)cc2c2ccccc12. The summed E-state index contributed by atoms with van der Waals surface area (Å²) in [5.41, 5.74) is 7.86. The van der Waals surface area contributed by atoms with Crippen molar-refractivity contribution < 1.29 is 4.79 Å². The molecule has 4 aromatic carbocycles. The van der Waals surface area contributed by atoms with Crippen LogP contribution in [0.2, 0.25) is 0 Å². The highest BCUT2D eigenvalue weighted by Gasteiger charge is 2.11. The highest BCUT2D eigenvalue weighted by molar-refractivity contribution is 6.23. The Hall–Kier alpha value is -3.07. The second kappa shape index (κ2) is 4.99. The van der Waals surface area contributed by atoms with E-state index in [4.69, 9.17) is 5.73 Å². The number of anilines is 2. The summed E-state index contributed by atoms with van der Waals surface area (Å²) in [4.78, 5) is 11.6. The number of amides is 1. The van der Waals surface area contributed by atoms with Gasteiger partial charge in [-0.2, -0.15) is 0 Å². The second-order valence-electron chi connectivity index (χ2n) is 5.76. The lowest BCUT2D eigenvalue weighted by Gasteiger charge is -2.14. The second-order valence-corrected chi connectivity index (χ2v) is 5.76. The molecule has 4 aromatic rings. The zero-order valence-electron chi connectivity index (χ0n) is 12.8. The van der Waals surface area contributed by atoms with Crippen molar-refractivity contribution in [3.05, 3.63) is 60.7 Å². The van der Waals surface area contributed by atoms with Gasteiger partial charge < -0.3 is 11.1 Å². The minimum absolute atomic E-state index is 0.0748. The smallest absolute Gasteiger partial charge is 0.221 e. The van der Waals surface area contributed by atoms with E-state index < -0.39 is 0 Å². The molecule has 0 unspecified atom stereocenters. The van der Waals surface area contributed by atoms with Gasteiger partial charge >= 0.3 is 0 Å². The van der Waals surface area contributed by atoms with E-state index in [9.17, 15) is 4.79 Å². The predicted molar refractivity (Wildman–Crippen MR) is 97.7 cm³/mol. The molecule has 0 bridgehead atoms. The van der Waals surface area contributed by atoms with Crippen molar-refractivity contribution in [2.45, 2.75) is 6.92 Å². The molecular formula is C20H16N2O. The summed E-state index contributed by atoms with van der Waals surface area (Å²) in [6, 6.07) is 20.2. The van der Waals surface area contributed by atoms with Crippen molar-refractivity contribution in [2.24, 2.45) is 0 Å². The molecule has 0 aliphatic rings. The van der Waals surface area contributed by atoms with Crippen LogP contribution in [0.15, 0.2) is 60.7 Å². The fraction of sp³-hybridized carbons (Fsp3) is 0.0500. The Labute approximate surface area is 133 Å². The third-order valence-electron chi connectivity index (χ3n) is 4.23. The number of carbonyl (C=O) groups is 1. The monoisotopic (exact) mass is 300 g/mol. The van der Waals surface area contributed by atoms with Gasteiger partial charge in [-0.05, 0) is 33.7 Å². The lowest BCUT2D eigenvalue weighted by molar-refractivity contribution is -0.114. The molecule has 0 spiro atoms. The standard InChI is InChI=1S/C20H16N2O/c1-12(23)22-20-11-18-13-6-2-4-8-15(13)19(21)10-17(18)14-7-3-5-9-16(14)20/h2-11H,21H2,1H3,(H,22,23). The molecule has 0 aliphatic carbocycles. The number of nitrogen functional groups attached to an aromatic ring is 1. The minimum Gasteiger partial charge on any atom is -0.398 e. The van der Waals surface area contributed by atoms with E-state index in [0.717, 1.165) is 43.7 Å². The van der Waals surface area contributed by atoms with Crippen molar-refractivity contribution in [1.82, 2.24) is 0 Å². The number of carbonyl (C=O) groups excluding carboxylic acids is 1. The first-order valence-corrected chi connectivity index (χ1v) is 7.55. The van der Waals surface area contributed by atoms with Crippen LogP contribution < -0.4 is 11.1 Å². The maximum absolute atomic E-state index is 11.6. The fourth-order valence-corrected chi connectivity index (χ4v) is 3.27. The van der Waals surface area contributed by atoms with E-state index in [1.54, 1.807) is 0 Å². The Bertz CT molecular complexity index is 1080. The van der Waals surface area contributed by atoms with Gasteiger partial charge in [0.1, 0.15) is 0 Å². The van der Waals surface area contributed by atoms with Crippen molar-refractivity contribution in [2.75, 3.05) is 11.1 Å². The van der Waals surface area contributed by atoms with Gasteiger partial charge in [0, 0.05) is 29.1 Å². The van der Waals surface area contributed by atoms with Crippen molar-refractivity contribution >= 4 is 49.6 Å². The maximum Gasteiger partial charge on any atom is 0.221 e. The Morgan fingerprint density at radius 3 is 1.96 bits per heavy atom. The molecule has 4 rings (SSSR count). The highest BCUT2D eigenvalue weighted by atomic mass is 16.1. The summed E-state index contributed by atoms with van der Waals surface area (Å²) in [7, 11) is 0. The van der Waals surface area contributed by atoms with E-state index in [-0.39, 0.29) is 5.91 Å². The molecule has 0 aliphatic heterocycles. The predicted octanol–water partition coefficient (Wildman–Crippen LogP) is 4.69. The van der Waals surface area contributed by atoms with Crippen LogP contribution in [0.5, 0.6) is 0 Å². The van der Waals surface area contributed by atoms with E-state index in [1.807, 2.05) is 48.5 Å². The number of fused-ring (bicyclic) bond motifs is 5. The molecule has 0 saturated carbocycles. The Kier molecular flexibility index (Phi) is 2.95. The first-order valence-electron chi connectivity index (χ1n) is 7.55. The molecule has 0 fully saturated rings. The average molecular weight is 300 g/mol. The Morgan fingerprint density at radius 2 is 1.30 bits per heavy atom. The molecule has 0 atom stereocenters. The third kappa shape index (κ3) is 2.09. The lowest BCUT2D eigenvalue weighted by atomic mass is 9.95. The fourth-order valence-electron chi connectivity index (χ4n) is 3.27. The van der Waals surface area contributed by atoms with Crippen LogP contribution in [0.1, 0.15) is 6.92 Å². The largest absolute Gasteiger partial charge is 0.398 e. The van der Waals surface area contributed by atoms with Gasteiger partial charge in [0.05, 0.1) is 0 Å². The van der Waals surface area contributed by atoms with Crippen LogP contribution >= 0.6 is 0 Å². The van der Waals surface area contributed by atoms with Crippen LogP contribution in [-0.2, 0) is 4.79 Å².